The van der Waals surface area contributed by atoms with Crippen LogP contribution in [0.3, 0.4) is 0 Å². The molecule has 4 rings (SSSR count). The van der Waals surface area contributed by atoms with Crippen LogP contribution in [0.2, 0.25) is 0 Å². The van der Waals surface area contributed by atoms with E-state index in [4.69, 9.17) is 17.0 Å². The van der Waals surface area contributed by atoms with E-state index < -0.39 is 0 Å². The molecule has 1 aliphatic heterocycles. The molecule has 1 aromatic heterocycles. The number of carbonyl (C=O) groups excluding carboxylic acids is 1. The molecule has 31 heavy (non-hydrogen) atoms. The zero-order valence-electron chi connectivity index (χ0n) is 18.0. The number of thioether (sulfide) groups is 1. The first-order valence-electron chi connectivity index (χ1n) is 10.1. The molecule has 0 spiro atoms. The Kier molecular flexibility index (Phi) is 6.23. The lowest BCUT2D eigenvalue weighted by atomic mass is 9.80. The monoisotopic (exact) mass is 471 g/mol. The van der Waals surface area contributed by atoms with Crippen LogP contribution in [0.25, 0.3) is 5.69 Å². The molecule has 0 radical (unpaired) electrons. The first-order chi connectivity index (χ1) is 14.8. The van der Waals surface area contributed by atoms with E-state index in [2.05, 4.69) is 31.9 Å². The van der Waals surface area contributed by atoms with Crippen molar-refractivity contribution in [2.24, 2.45) is 0 Å². The minimum Gasteiger partial charge on any atom is -0.497 e. The largest absolute Gasteiger partial charge is 0.497 e. The van der Waals surface area contributed by atoms with Crippen LogP contribution in [-0.2, 0) is 4.79 Å². The molecule has 1 atom stereocenters. The van der Waals surface area contributed by atoms with Crippen LogP contribution >= 0.6 is 35.3 Å². The zero-order valence-corrected chi connectivity index (χ0v) is 20.4. The van der Waals surface area contributed by atoms with E-state index >= 15 is 0 Å². The fourth-order valence-electron chi connectivity index (χ4n) is 4.25. The first kappa shape index (κ1) is 22.0. The maximum Gasteiger partial charge on any atom is 0.237 e. The molecule has 1 amide bonds. The van der Waals surface area contributed by atoms with Crippen molar-refractivity contribution in [2.45, 2.75) is 43.0 Å². The van der Waals surface area contributed by atoms with Crippen molar-refractivity contribution in [3.05, 3.63) is 58.0 Å². The van der Waals surface area contributed by atoms with E-state index in [0.717, 1.165) is 33.4 Å². The van der Waals surface area contributed by atoms with Gasteiger partial charge in [-0.15, -0.1) is 5.10 Å². The highest BCUT2D eigenvalue weighted by molar-refractivity contribution is 8.01. The molecule has 2 aromatic carbocycles. The molecule has 162 valence electrons. The second kappa shape index (κ2) is 8.76. The van der Waals surface area contributed by atoms with Gasteiger partial charge < -0.3 is 9.64 Å². The fourth-order valence-corrected chi connectivity index (χ4v) is 6.46. The van der Waals surface area contributed by atoms with Crippen molar-refractivity contribution < 1.29 is 9.53 Å². The fraction of sp³-hybridized carbons (Fsp3) is 0.348. The number of rotatable bonds is 5. The molecule has 1 unspecified atom stereocenters. The van der Waals surface area contributed by atoms with Gasteiger partial charge in [-0.2, -0.15) is 0 Å². The van der Waals surface area contributed by atoms with Gasteiger partial charge in [0.25, 0.3) is 0 Å². The zero-order chi connectivity index (χ0) is 22.2. The van der Waals surface area contributed by atoms with Crippen molar-refractivity contribution in [3.8, 4) is 11.4 Å². The minimum absolute atomic E-state index is 0.0701. The van der Waals surface area contributed by atoms with Gasteiger partial charge in [0.2, 0.25) is 5.91 Å². The average molecular weight is 472 g/mol. The molecule has 0 N–H and O–H groups in total. The molecule has 2 heterocycles. The quantitative estimate of drug-likeness (QED) is 0.333. The highest BCUT2D eigenvalue weighted by Gasteiger charge is 2.40. The smallest absolute Gasteiger partial charge is 0.237 e. The third kappa shape index (κ3) is 4.42. The van der Waals surface area contributed by atoms with Crippen LogP contribution in [0.1, 0.15) is 38.7 Å². The SMILES string of the molecule is COc1ccc2c(c1)C(C)CC(C)(C)N2C(=O)CSc1nn(-c2ccccc2)c(=S)s1. The summed E-state index contributed by atoms with van der Waals surface area (Å²) in [6.45, 7) is 6.47. The van der Waals surface area contributed by atoms with Crippen molar-refractivity contribution >= 4 is 46.9 Å². The van der Waals surface area contributed by atoms with E-state index in [1.165, 1.54) is 23.1 Å². The molecule has 0 bridgehead atoms. The number of ether oxygens (including phenoxy) is 1. The van der Waals surface area contributed by atoms with Crippen molar-refractivity contribution in [1.82, 2.24) is 9.78 Å². The van der Waals surface area contributed by atoms with Crippen LogP contribution in [0.15, 0.2) is 52.9 Å². The number of hydrogen-bond acceptors (Lipinski definition) is 6. The number of nitrogens with zero attached hydrogens (tertiary/aromatic N) is 3. The molecule has 0 saturated carbocycles. The normalized spacial score (nSPS) is 17.3. The summed E-state index contributed by atoms with van der Waals surface area (Å²) >= 11 is 8.35. The van der Waals surface area contributed by atoms with Crippen LogP contribution in [0.5, 0.6) is 5.75 Å². The molecular formula is C23H25N3O2S3. The molecule has 0 aliphatic carbocycles. The number of benzene rings is 2. The second-order valence-corrected chi connectivity index (χ2v) is 11.1. The number of carbonyl (C=O) groups is 1. The van der Waals surface area contributed by atoms with E-state index in [-0.39, 0.29) is 11.4 Å². The summed E-state index contributed by atoms with van der Waals surface area (Å²) in [6.07, 6.45) is 0.894. The van der Waals surface area contributed by atoms with Gasteiger partial charge in [-0.1, -0.05) is 48.2 Å². The number of hydrogen-bond donors (Lipinski definition) is 0. The second-order valence-electron chi connectivity index (χ2n) is 8.24. The summed E-state index contributed by atoms with van der Waals surface area (Å²) in [5, 5.41) is 4.62. The van der Waals surface area contributed by atoms with Gasteiger partial charge in [-0.25, -0.2) is 4.68 Å². The van der Waals surface area contributed by atoms with E-state index in [1.807, 2.05) is 47.4 Å². The molecule has 3 aromatic rings. The molecular weight excluding hydrogens is 446 g/mol. The number of para-hydroxylation sites is 1. The lowest BCUT2D eigenvalue weighted by molar-refractivity contribution is -0.117. The van der Waals surface area contributed by atoms with Crippen molar-refractivity contribution in [2.75, 3.05) is 17.8 Å². The van der Waals surface area contributed by atoms with E-state index in [9.17, 15) is 4.79 Å². The number of amides is 1. The summed E-state index contributed by atoms with van der Waals surface area (Å²) in [7, 11) is 1.67. The molecule has 0 saturated heterocycles. The Morgan fingerprint density at radius 1 is 1.29 bits per heavy atom. The Labute approximate surface area is 196 Å². The predicted octanol–water partition coefficient (Wildman–Crippen LogP) is 6.08. The number of aromatic nitrogens is 2. The topological polar surface area (TPSA) is 47.4 Å². The highest BCUT2D eigenvalue weighted by Crippen LogP contribution is 2.45. The third-order valence-electron chi connectivity index (χ3n) is 5.52. The standard InChI is InChI=1S/C23H25N3O2S3/c1-15-13-23(2,3)25(19-11-10-17(28-4)12-18(15)19)20(27)14-30-21-24-26(22(29)31-21)16-8-6-5-7-9-16/h5-12,15H,13-14H2,1-4H3. The van der Waals surface area contributed by atoms with Gasteiger partial charge in [0, 0.05) is 11.2 Å². The van der Waals surface area contributed by atoms with Crippen LogP contribution in [-0.4, -0.2) is 34.1 Å². The van der Waals surface area contributed by atoms with Crippen molar-refractivity contribution in [1.29, 1.82) is 0 Å². The number of anilines is 1. The Balaban J connectivity index is 1.56. The first-order valence-corrected chi connectivity index (χ1v) is 12.3. The Morgan fingerprint density at radius 2 is 2.03 bits per heavy atom. The number of fused-ring (bicyclic) bond motifs is 1. The Bertz CT molecular complexity index is 1150. The molecule has 0 fully saturated rings. The van der Waals surface area contributed by atoms with Crippen LogP contribution in [0, 0.1) is 3.95 Å². The predicted molar refractivity (Wildman–Crippen MR) is 131 cm³/mol. The average Bonchev–Trinajstić information content (AvgIpc) is 3.12. The van der Waals surface area contributed by atoms with Gasteiger partial charge >= 0.3 is 0 Å². The summed E-state index contributed by atoms with van der Waals surface area (Å²) in [6, 6.07) is 15.8. The minimum atomic E-state index is -0.269. The van der Waals surface area contributed by atoms with Gasteiger partial charge in [0.15, 0.2) is 8.29 Å². The van der Waals surface area contributed by atoms with Crippen LogP contribution < -0.4 is 9.64 Å². The van der Waals surface area contributed by atoms with E-state index in [0.29, 0.717) is 15.6 Å². The van der Waals surface area contributed by atoms with E-state index in [1.54, 1.807) is 11.8 Å². The van der Waals surface area contributed by atoms with Gasteiger partial charge in [-0.05, 0) is 74.3 Å². The maximum atomic E-state index is 13.4. The van der Waals surface area contributed by atoms with Gasteiger partial charge in [0.1, 0.15) is 5.75 Å². The summed E-state index contributed by atoms with van der Waals surface area (Å²) in [5.74, 6) is 1.54. The van der Waals surface area contributed by atoms with Crippen LogP contribution in [0.4, 0.5) is 5.69 Å². The maximum absolute atomic E-state index is 13.4. The summed E-state index contributed by atoms with van der Waals surface area (Å²) in [5.41, 5.74) is 2.78. The summed E-state index contributed by atoms with van der Waals surface area (Å²) in [4.78, 5) is 15.3. The molecule has 5 nitrogen and oxygen atoms in total. The Morgan fingerprint density at radius 3 is 2.74 bits per heavy atom. The summed E-state index contributed by atoms with van der Waals surface area (Å²) < 4.78 is 8.62. The highest BCUT2D eigenvalue weighted by atomic mass is 32.2. The third-order valence-corrected chi connectivity index (χ3v) is 7.87. The molecule has 8 heteroatoms. The number of methoxy groups -OCH3 is 1. The van der Waals surface area contributed by atoms with Gasteiger partial charge in [-0.3, -0.25) is 4.79 Å². The lowest BCUT2D eigenvalue weighted by Crippen LogP contribution is -2.52. The molecule has 1 aliphatic rings. The Hall–Kier alpha value is -2.16. The lowest BCUT2D eigenvalue weighted by Gasteiger charge is -2.46. The van der Waals surface area contributed by atoms with Gasteiger partial charge in [0.05, 0.1) is 18.6 Å². The van der Waals surface area contributed by atoms with Crippen molar-refractivity contribution in [3.63, 3.8) is 0 Å².